The zero-order valence-electron chi connectivity index (χ0n) is 11.8. The van der Waals surface area contributed by atoms with Crippen molar-refractivity contribution in [3.8, 4) is 0 Å². The van der Waals surface area contributed by atoms with E-state index in [0.717, 1.165) is 18.6 Å². The van der Waals surface area contributed by atoms with E-state index < -0.39 is 17.9 Å². The van der Waals surface area contributed by atoms with Crippen molar-refractivity contribution in [3.05, 3.63) is 17.8 Å². The molecule has 1 unspecified atom stereocenters. The van der Waals surface area contributed by atoms with E-state index in [0.29, 0.717) is 12.3 Å². The molecule has 0 bridgehead atoms. The number of hydrogen-bond acceptors (Lipinski definition) is 4. The van der Waals surface area contributed by atoms with Gasteiger partial charge in [0.05, 0.1) is 18.7 Å². The van der Waals surface area contributed by atoms with Crippen molar-refractivity contribution in [2.24, 2.45) is 5.92 Å². The van der Waals surface area contributed by atoms with E-state index in [9.17, 15) is 9.59 Å². The van der Waals surface area contributed by atoms with Crippen LogP contribution in [0.25, 0.3) is 0 Å². The first kappa shape index (κ1) is 16.0. The van der Waals surface area contributed by atoms with E-state index in [1.54, 1.807) is 6.20 Å². The molecule has 1 aromatic rings. The summed E-state index contributed by atoms with van der Waals surface area (Å²) in [5.74, 6) is -0.261. The third kappa shape index (κ3) is 5.29. The molecule has 0 saturated heterocycles. The summed E-state index contributed by atoms with van der Waals surface area (Å²) >= 11 is 0. The molecule has 0 aromatic carbocycles. The molecule has 112 valence electrons. The number of hydrogen-bond donors (Lipinski definition) is 3. The fourth-order valence-electron chi connectivity index (χ4n) is 1.69. The van der Waals surface area contributed by atoms with Crippen LogP contribution in [0.5, 0.6) is 0 Å². The Morgan fingerprint density at radius 2 is 2.15 bits per heavy atom. The van der Waals surface area contributed by atoms with E-state index in [2.05, 4.69) is 15.6 Å². The van der Waals surface area contributed by atoms with Gasteiger partial charge in [0.15, 0.2) is 0 Å². The van der Waals surface area contributed by atoms with Gasteiger partial charge in [0.25, 0.3) is 0 Å². The summed E-state index contributed by atoms with van der Waals surface area (Å²) in [5.41, 5.74) is 0. The number of carboxylic acid groups (broad SMARTS) is 1. The summed E-state index contributed by atoms with van der Waals surface area (Å²) < 4.78 is 5.34. The average Bonchev–Trinajstić information content (AvgIpc) is 2.88. The molecule has 1 aromatic heterocycles. The smallest absolute Gasteiger partial charge is 0.315 e. The Morgan fingerprint density at radius 1 is 1.40 bits per heavy atom. The van der Waals surface area contributed by atoms with Crippen molar-refractivity contribution in [1.82, 2.24) is 15.6 Å². The number of amides is 2. The summed E-state index contributed by atoms with van der Waals surface area (Å²) in [4.78, 5) is 26.5. The second-order valence-electron chi connectivity index (χ2n) is 4.46. The highest BCUT2D eigenvalue weighted by Gasteiger charge is 2.17. The van der Waals surface area contributed by atoms with Crippen LogP contribution in [-0.2, 0) is 17.8 Å². The van der Waals surface area contributed by atoms with Crippen LogP contribution in [0.1, 0.15) is 38.3 Å². The van der Waals surface area contributed by atoms with Crippen molar-refractivity contribution in [2.45, 2.75) is 39.7 Å². The van der Waals surface area contributed by atoms with Crippen LogP contribution in [0.15, 0.2) is 10.6 Å². The standard InChI is InChI=1S/C13H21N3O4/c1-3-5-9(12(17)18)6-15-13(19)16-8-11-14-7-10(4-2)20-11/h7,9H,3-6,8H2,1-2H3,(H,17,18)(H2,15,16,19). The number of aryl methyl sites for hydroxylation is 1. The number of nitrogens with one attached hydrogen (secondary N) is 2. The number of carbonyl (C=O) groups is 2. The lowest BCUT2D eigenvalue weighted by Crippen LogP contribution is -2.39. The SMILES string of the molecule is CCCC(CNC(=O)NCc1ncc(CC)o1)C(=O)O. The van der Waals surface area contributed by atoms with Crippen LogP contribution < -0.4 is 10.6 Å². The summed E-state index contributed by atoms with van der Waals surface area (Å²) in [7, 11) is 0. The van der Waals surface area contributed by atoms with Gasteiger partial charge >= 0.3 is 12.0 Å². The van der Waals surface area contributed by atoms with Crippen LogP contribution in [0.4, 0.5) is 4.79 Å². The molecule has 0 saturated carbocycles. The van der Waals surface area contributed by atoms with Gasteiger partial charge in [-0.1, -0.05) is 20.3 Å². The molecular formula is C13H21N3O4. The molecule has 0 aliphatic heterocycles. The normalized spacial score (nSPS) is 11.9. The molecular weight excluding hydrogens is 262 g/mol. The topological polar surface area (TPSA) is 104 Å². The Labute approximate surface area is 117 Å². The fourth-order valence-corrected chi connectivity index (χ4v) is 1.69. The van der Waals surface area contributed by atoms with Crippen molar-refractivity contribution in [1.29, 1.82) is 0 Å². The van der Waals surface area contributed by atoms with Gasteiger partial charge in [0, 0.05) is 13.0 Å². The lowest BCUT2D eigenvalue weighted by Gasteiger charge is -2.12. The van der Waals surface area contributed by atoms with Crippen molar-refractivity contribution >= 4 is 12.0 Å². The Morgan fingerprint density at radius 3 is 2.70 bits per heavy atom. The zero-order chi connectivity index (χ0) is 15.0. The number of urea groups is 1. The van der Waals surface area contributed by atoms with Gasteiger partial charge in [0.1, 0.15) is 5.76 Å². The predicted octanol–water partition coefficient (Wildman–Crippen LogP) is 1.54. The minimum atomic E-state index is -0.896. The quantitative estimate of drug-likeness (QED) is 0.671. The third-order valence-corrected chi connectivity index (χ3v) is 2.85. The van der Waals surface area contributed by atoms with Crippen LogP contribution >= 0.6 is 0 Å². The molecule has 0 aliphatic rings. The van der Waals surface area contributed by atoms with Crippen molar-refractivity contribution < 1.29 is 19.1 Å². The van der Waals surface area contributed by atoms with Gasteiger partial charge < -0.3 is 20.2 Å². The maximum atomic E-state index is 11.5. The first-order valence-electron chi connectivity index (χ1n) is 6.74. The molecule has 1 rings (SSSR count). The van der Waals surface area contributed by atoms with Gasteiger partial charge in [0.2, 0.25) is 5.89 Å². The predicted molar refractivity (Wildman–Crippen MR) is 72.2 cm³/mol. The van der Waals surface area contributed by atoms with Crippen molar-refractivity contribution in [2.75, 3.05) is 6.54 Å². The number of nitrogens with zero attached hydrogens (tertiary/aromatic N) is 1. The summed E-state index contributed by atoms with van der Waals surface area (Å²) in [6.45, 7) is 4.15. The third-order valence-electron chi connectivity index (χ3n) is 2.85. The maximum Gasteiger partial charge on any atom is 0.315 e. The molecule has 1 atom stereocenters. The number of carbonyl (C=O) groups excluding carboxylic acids is 1. The summed E-state index contributed by atoms with van der Waals surface area (Å²) in [6.07, 6.45) is 3.67. The minimum Gasteiger partial charge on any atom is -0.481 e. The van der Waals surface area contributed by atoms with E-state index in [4.69, 9.17) is 9.52 Å². The molecule has 0 spiro atoms. The molecule has 0 fully saturated rings. The zero-order valence-corrected chi connectivity index (χ0v) is 11.8. The highest BCUT2D eigenvalue weighted by Crippen LogP contribution is 2.05. The number of oxazole rings is 1. The van der Waals surface area contributed by atoms with Gasteiger partial charge in [-0.05, 0) is 6.42 Å². The average molecular weight is 283 g/mol. The summed E-state index contributed by atoms with van der Waals surface area (Å²) in [5, 5.41) is 14.1. The maximum absolute atomic E-state index is 11.5. The van der Waals surface area contributed by atoms with E-state index in [-0.39, 0.29) is 13.1 Å². The van der Waals surface area contributed by atoms with E-state index >= 15 is 0 Å². The van der Waals surface area contributed by atoms with Gasteiger partial charge in [-0.3, -0.25) is 4.79 Å². The van der Waals surface area contributed by atoms with Gasteiger partial charge in [-0.2, -0.15) is 0 Å². The van der Waals surface area contributed by atoms with Crippen LogP contribution in [0, 0.1) is 5.92 Å². The minimum absolute atomic E-state index is 0.112. The lowest BCUT2D eigenvalue weighted by molar-refractivity contribution is -0.141. The number of aliphatic carboxylic acids is 1. The van der Waals surface area contributed by atoms with Gasteiger partial charge in [-0.25, -0.2) is 9.78 Å². The van der Waals surface area contributed by atoms with Crippen LogP contribution in [-0.4, -0.2) is 28.6 Å². The summed E-state index contributed by atoms with van der Waals surface area (Å²) in [6, 6.07) is -0.427. The fraction of sp³-hybridized carbons (Fsp3) is 0.615. The highest BCUT2D eigenvalue weighted by atomic mass is 16.4. The largest absolute Gasteiger partial charge is 0.481 e. The molecule has 2 amide bonds. The number of rotatable bonds is 8. The lowest BCUT2D eigenvalue weighted by atomic mass is 10.0. The Balaban J connectivity index is 2.30. The molecule has 1 heterocycles. The molecule has 7 nitrogen and oxygen atoms in total. The molecule has 0 radical (unpaired) electrons. The monoisotopic (exact) mass is 283 g/mol. The van der Waals surface area contributed by atoms with E-state index in [1.807, 2.05) is 13.8 Å². The highest BCUT2D eigenvalue weighted by molar-refractivity contribution is 5.75. The molecule has 0 aliphatic carbocycles. The van der Waals surface area contributed by atoms with E-state index in [1.165, 1.54) is 0 Å². The Kier molecular flexibility index (Phi) is 6.55. The Hall–Kier alpha value is -2.05. The first-order chi connectivity index (χ1) is 9.56. The Bertz CT molecular complexity index is 445. The molecule has 20 heavy (non-hydrogen) atoms. The van der Waals surface area contributed by atoms with Gasteiger partial charge in [-0.15, -0.1) is 0 Å². The molecule has 7 heteroatoms. The second kappa shape index (κ2) is 8.19. The van der Waals surface area contributed by atoms with Crippen LogP contribution in [0.2, 0.25) is 0 Å². The first-order valence-corrected chi connectivity index (χ1v) is 6.74. The van der Waals surface area contributed by atoms with Crippen LogP contribution in [0.3, 0.4) is 0 Å². The number of aromatic nitrogens is 1. The molecule has 3 N–H and O–H groups in total. The second-order valence-corrected chi connectivity index (χ2v) is 4.46. The number of carboxylic acids is 1. The van der Waals surface area contributed by atoms with Crippen molar-refractivity contribution in [3.63, 3.8) is 0 Å².